The zero-order chi connectivity index (χ0) is 17.4. The van der Waals surface area contributed by atoms with Gasteiger partial charge in [0, 0.05) is 22.8 Å². The van der Waals surface area contributed by atoms with E-state index in [-0.39, 0.29) is 18.2 Å². The molecule has 1 aromatic carbocycles. The largest absolute Gasteiger partial charge is 0.467 e. The Bertz CT molecular complexity index is 935. The van der Waals surface area contributed by atoms with Crippen LogP contribution in [0.3, 0.4) is 0 Å². The average molecular weight is 403 g/mol. The molecule has 1 fully saturated rings. The van der Waals surface area contributed by atoms with Gasteiger partial charge in [0.2, 0.25) is 11.8 Å². The van der Waals surface area contributed by atoms with Crippen LogP contribution in [-0.4, -0.2) is 28.6 Å². The Morgan fingerprint density at radius 3 is 3.12 bits per heavy atom. The summed E-state index contributed by atoms with van der Waals surface area (Å²) >= 11 is 3.41. The highest BCUT2D eigenvalue weighted by Gasteiger charge is 2.36. The monoisotopic (exact) mass is 402 g/mol. The Morgan fingerprint density at radius 1 is 1.44 bits per heavy atom. The van der Waals surface area contributed by atoms with Crippen molar-refractivity contribution in [3.63, 3.8) is 0 Å². The first-order valence-electron chi connectivity index (χ1n) is 7.86. The molecule has 0 saturated carbocycles. The molecular formula is C17H15BrN4O3. The van der Waals surface area contributed by atoms with Gasteiger partial charge in [-0.15, -0.1) is 0 Å². The fourth-order valence-corrected chi connectivity index (χ4v) is 3.36. The Labute approximate surface area is 151 Å². The van der Waals surface area contributed by atoms with Crippen LogP contribution >= 0.6 is 15.9 Å². The molecule has 0 radical (unpaired) electrons. The summed E-state index contributed by atoms with van der Waals surface area (Å²) < 4.78 is 6.12. The standard InChI is InChI=1S/C17H15BrN4O3/c18-11-3-4-13-14(7-11)20-21-16(13)22-9-10(6-15(22)23)17(24)19-8-12-2-1-5-25-12/h1-5,7,10H,6,8-9H2,(H,19,24)(H,20,21)/t10-/m0/s1. The summed E-state index contributed by atoms with van der Waals surface area (Å²) in [7, 11) is 0. The molecule has 7 nitrogen and oxygen atoms in total. The van der Waals surface area contributed by atoms with E-state index in [2.05, 4.69) is 31.4 Å². The van der Waals surface area contributed by atoms with E-state index in [4.69, 9.17) is 4.42 Å². The lowest BCUT2D eigenvalue weighted by Crippen LogP contribution is -2.32. The minimum Gasteiger partial charge on any atom is -0.467 e. The summed E-state index contributed by atoms with van der Waals surface area (Å²) in [5.41, 5.74) is 0.836. The fraction of sp³-hybridized carbons (Fsp3) is 0.235. The number of halogens is 1. The van der Waals surface area contributed by atoms with Crippen molar-refractivity contribution in [2.45, 2.75) is 13.0 Å². The van der Waals surface area contributed by atoms with Gasteiger partial charge in [-0.1, -0.05) is 15.9 Å². The minimum atomic E-state index is -0.398. The van der Waals surface area contributed by atoms with Crippen LogP contribution < -0.4 is 10.2 Å². The molecule has 1 aliphatic heterocycles. The average Bonchev–Trinajstić information content (AvgIpc) is 3.31. The van der Waals surface area contributed by atoms with Crippen molar-refractivity contribution < 1.29 is 14.0 Å². The summed E-state index contributed by atoms with van der Waals surface area (Å²) in [6.07, 6.45) is 1.73. The van der Waals surface area contributed by atoms with Crippen molar-refractivity contribution in [2.75, 3.05) is 11.4 Å². The van der Waals surface area contributed by atoms with Crippen LogP contribution in [0, 0.1) is 5.92 Å². The lowest BCUT2D eigenvalue weighted by atomic mass is 10.1. The van der Waals surface area contributed by atoms with Gasteiger partial charge in [0.05, 0.1) is 24.2 Å². The highest BCUT2D eigenvalue weighted by Crippen LogP contribution is 2.31. The maximum atomic E-state index is 12.4. The Balaban J connectivity index is 1.48. The van der Waals surface area contributed by atoms with Crippen LogP contribution in [-0.2, 0) is 16.1 Å². The van der Waals surface area contributed by atoms with Gasteiger partial charge in [-0.05, 0) is 30.3 Å². The molecule has 3 heterocycles. The van der Waals surface area contributed by atoms with Crippen molar-refractivity contribution in [3.8, 4) is 0 Å². The zero-order valence-electron chi connectivity index (χ0n) is 13.2. The van der Waals surface area contributed by atoms with Crippen molar-refractivity contribution in [2.24, 2.45) is 5.92 Å². The SMILES string of the molecule is O=C(NCc1ccco1)[C@H]1CC(=O)N(c2n[nH]c3cc(Br)ccc23)C1. The van der Waals surface area contributed by atoms with E-state index in [9.17, 15) is 9.59 Å². The topological polar surface area (TPSA) is 91.2 Å². The first-order valence-corrected chi connectivity index (χ1v) is 8.65. The second-order valence-electron chi connectivity index (χ2n) is 5.94. The third-order valence-electron chi connectivity index (χ3n) is 4.27. The number of aromatic nitrogens is 2. The van der Waals surface area contributed by atoms with E-state index < -0.39 is 5.92 Å². The van der Waals surface area contributed by atoms with Gasteiger partial charge in [0.1, 0.15) is 5.76 Å². The molecule has 25 heavy (non-hydrogen) atoms. The molecule has 0 spiro atoms. The number of hydrogen-bond donors (Lipinski definition) is 2. The van der Waals surface area contributed by atoms with E-state index in [1.54, 1.807) is 23.3 Å². The molecule has 0 bridgehead atoms. The van der Waals surface area contributed by atoms with Crippen molar-refractivity contribution in [1.29, 1.82) is 0 Å². The van der Waals surface area contributed by atoms with Gasteiger partial charge >= 0.3 is 0 Å². The molecule has 4 rings (SSSR count). The number of rotatable bonds is 4. The van der Waals surface area contributed by atoms with E-state index in [1.807, 2.05) is 18.2 Å². The molecule has 2 aromatic heterocycles. The van der Waals surface area contributed by atoms with Crippen LogP contribution in [0.1, 0.15) is 12.2 Å². The lowest BCUT2D eigenvalue weighted by Gasteiger charge is -2.14. The fourth-order valence-electron chi connectivity index (χ4n) is 3.00. The van der Waals surface area contributed by atoms with Gasteiger partial charge in [-0.2, -0.15) is 5.10 Å². The number of carbonyl (C=O) groups is 2. The molecule has 128 valence electrons. The molecule has 0 aliphatic carbocycles. The highest BCUT2D eigenvalue weighted by molar-refractivity contribution is 9.10. The Hall–Kier alpha value is -2.61. The normalized spacial score (nSPS) is 17.4. The zero-order valence-corrected chi connectivity index (χ0v) is 14.7. The molecule has 3 aromatic rings. The second-order valence-corrected chi connectivity index (χ2v) is 6.86. The number of anilines is 1. The van der Waals surface area contributed by atoms with Gasteiger partial charge in [0.25, 0.3) is 0 Å². The van der Waals surface area contributed by atoms with Crippen molar-refractivity contribution in [3.05, 3.63) is 46.8 Å². The van der Waals surface area contributed by atoms with Crippen LogP contribution in [0.2, 0.25) is 0 Å². The van der Waals surface area contributed by atoms with Gasteiger partial charge in [-0.25, -0.2) is 0 Å². The van der Waals surface area contributed by atoms with E-state index in [1.165, 1.54) is 0 Å². The molecule has 1 aliphatic rings. The maximum Gasteiger partial charge on any atom is 0.229 e. The van der Waals surface area contributed by atoms with Gasteiger partial charge in [0.15, 0.2) is 5.82 Å². The number of nitrogens with zero attached hydrogens (tertiary/aromatic N) is 2. The van der Waals surface area contributed by atoms with Crippen molar-refractivity contribution in [1.82, 2.24) is 15.5 Å². The number of carbonyl (C=O) groups excluding carboxylic acids is 2. The van der Waals surface area contributed by atoms with Gasteiger partial charge in [-0.3, -0.25) is 19.6 Å². The number of aromatic amines is 1. The number of furan rings is 1. The smallest absolute Gasteiger partial charge is 0.229 e. The second kappa shape index (κ2) is 6.36. The van der Waals surface area contributed by atoms with E-state index >= 15 is 0 Å². The molecule has 0 unspecified atom stereocenters. The summed E-state index contributed by atoms with van der Waals surface area (Å²) in [5.74, 6) is 0.584. The number of amides is 2. The molecular weight excluding hydrogens is 388 g/mol. The third kappa shape index (κ3) is 3.05. The summed E-state index contributed by atoms with van der Waals surface area (Å²) in [6.45, 7) is 0.634. The number of hydrogen-bond acceptors (Lipinski definition) is 4. The molecule has 8 heteroatoms. The molecule has 2 N–H and O–H groups in total. The van der Waals surface area contributed by atoms with Crippen LogP contribution in [0.4, 0.5) is 5.82 Å². The first-order chi connectivity index (χ1) is 12.1. The van der Waals surface area contributed by atoms with Crippen molar-refractivity contribution >= 4 is 44.5 Å². The summed E-state index contributed by atoms with van der Waals surface area (Å²) in [5, 5.41) is 10.9. The highest BCUT2D eigenvalue weighted by atomic mass is 79.9. The number of nitrogens with one attached hydrogen (secondary N) is 2. The Morgan fingerprint density at radius 2 is 2.32 bits per heavy atom. The van der Waals surface area contributed by atoms with Crippen LogP contribution in [0.5, 0.6) is 0 Å². The van der Waals surface area contributed by atoms with Crippen LogP contribution in [0.25, 0.3) is 10.9 Å². The minimum absolute atomic E-state index is 0.102. The van der Waals surface area contributed by atoms with E-state index in [0.29, 0.717) is 24.7 Å². The third-order valence-corrected chi connectivity index (χ3v) is 4.77. The molecule has 1 atom stereocenters. The quantitative estimate of drug-likeness (QED) is 0.701. The van der Waals surface area contributed by atoms with E-state index in [0.717, 1.165) is 15.4 Å². The number of fused-ring (bicyclic) bond motifs is 1. The number of benzene rings is 1. The predicted molar refractivity (Wildman–Crippen MR) is 94.8 cm³/mol. The Kier molecular flexibility index (Phi) is 4.04. The molecule has 1 saturated heterocycles. The predicted octanol–water partition coefficient (Wildman–Crippen LogP) is 2.59. The summed E-state index contributed by atoms with van der Waals surface area (Å²) in [4.78, 5) is 26.3. The number of H-pyrrole nitrogens is 1. The molecule has 2 amide bonds. The maximum absolute atomic E-state index is 12.4. The van der Waals surface area contributed by atoms with Gasteiger partial charge < -0.3 is 9.73 Å². The lowest BCUT2D eigenvalue weighted by molar-refractivity contribution is -0.126. The summed E-state index contributed by atoms with van der Waals surface area (Å²) in [6, 6.07) is 9.26. The first kappa shape index (κ1) is 15.9. The van der Waals surface area contributed by atoms with Crippen LogP contribution in [0.15, 0.2) is 45.5 Å².